The van der Waals surface area contributed by atoms with E-state index in [1.807, 2.05) is 49.4 Å². The summed E-state index contributed by atoms with van der Waals surface area (Å²) < 4.78 is 10.8. The molecule has 1 aliphatic rings. The van der Waals surface area contributed by atoms with E-state index in [-0.39, 0.29) is 19.1 Å². The van der Waals surface area contributed by atoms with Crippen molar-refractivity contribution in [2.45, 2.75) is 18.9 Å². The molecule has 0 unspecified atom stereocenters. The lowest BCUT2D eigenvalue weighted by molar-refractivity contribution is -0.132. The van der Waals surface area contributed by atoms with Crippen molar-refractivity contribution in [3.63, 3.8) is 0 Å². The molecule has 1 aliphatic heterocycles. The average molecular weight is 354 g/mol. The molecule has 6 heteroatoms. The highest BCUT2D eigenvalue weighted by Gasteiger charge is 2.51. The first-order valence-corrected chi connectivity index (χ1v) is 8.57. The zero-order valence-corrected chi connectivity index (χ0v) is 14.9. The molecular formula is C20H22N2O4. The summed E-state index contributed by atoms with van der Waals surface area (Å²) in [5.41, 5.74) is -0.304. The molecule has 0 saturated carbocycles. The monoisotopic (exact) mass is 354 g/mol. The van der Waals surface area contributed by atoms with E-state index in [2.05, 4.69) is 5.32 Å². The molecule has 6 nitrogen and oxygen atoms in total. The van der Waals surface area contributed by atoms with Crippen LogP contribution in [0.25, 0.3) is 0 Å². The van der Waals surface area contributed by atoms with Crippen molar-refractivity contribution in [2.75, 3.05) is 20.3 Å². The molecule has 1 saturated heterocycles. The summed E-state index contributed by atoms with van der Waals surface area (Å²) in [6.07, 6.45) is 0.458. The van der Waals surface area contributed by atoms with E-state index in [1.54, 1.807) is 19.2 Å². The summed E-state index contributed by atoms with van der Waals surface area (Å²) in [6.45, 7) is 2.31. The van der Waals surface area contributed by atoms with Crippen LogP contribution >= 0.6 is 0 Å². The fourth-order valence-corrected chi connectivity index (χ4v) is 3.12. The Balaban J connectivity index is 1.73. The van der Waals surface area contributed by atoms with Gasteiger partial charge in [-0.3, -0.25) is 9.69 Å². The number of rotatable bonds is 7. The summed E-state index contributed by atoms with van der Waals surface area (Å²) in [4.78, 5) is 26.7. The Bertz CT molecular complexity index is 776. The number of nitrogens with one attached hydrogen (secondary N) is 1. The number of para-hydroxylation sites is 1. The van der Waals surface area contributed by atoms with Crippen LogP contribution in [-0.4, -0.2) is 37.1 Å². The third-order valence-electron chi connectivity index (χ3n) is 4.62. The minimum atomic E-state index is -1.05. The first kappa shape index (κ1) is 17.8. The van der Waals surface area contributed by atoms with Crippen molar-refractivity contribution in [1.29, 1.82) is 0 Å². The zero-order valence-electron chi connectivity index (χ0n) is 14.9. The van der Waals surface area contributed by atoms with Gasteiger partial charge in [0.1, 0.15) is 23.6 Å². The summed E-state index contributed by atoms with van der Waals surface area (Å²) in [6, 6.07) is 16.1. The summed E-state index contributed by atoms with van der Waals surface area (Å²) in [5.74, 6) is 1.15. The molecule has 0 bridgehead atoms. The van der Waals surface area contributed by atoms with Gasteiger partial charge in [0.2, 0.25) is 0 Å². The van der Waals surface area contributed by atoms with Crippen LogP contribution in [0.4, 0.5) is 4.79 Å². The van der Waals surface area contributed by atoms with Gasteiger partial charge in [-0.25, -0.2) is 4.79 Å². The molecule has 3 rings (SSSR count). The van der Waals surface area contributed by atoms with Crippen LogP contribution in [0.2, 0.25) is 0 Å². The van der Waals surface area contributed by atoms with Crippen LogP contribution in [0.5, 0.6) is 11.5 Å². The first-order chi connectivity index (χ1) is 12.6. The Kier molecular flexibility index (Phi) is 5.11. The largest absolute Gasteiger partial charge is 0.497 e. The normalized spacial score (nSPS) is 19.4. The van der Waals surface area contributed by atoms with Crippen molar-refractivity contribution in [1.82, 2.24) is 10.2 Å². The first-order valence-electron chi connectivity index (χ1n) is 8.57. The van der Waals surface area contributed by atoms with Gasteiger partial charge in [-0.15, -0.1) is 0 Å². The lowest BCUT2D eigenvalue weighted by Gasteiger charge is -2.26. The number of hydrogen-bond acceptors (Lipinski definition) is 4. The number of amides is 3. The molecule has 0 aliphatic carbocycles. The van der Waals surface area contributed by atoms with Crippen molar-refractivity contribution >= 4 is 11.9 Å². The van der Waals surface area contributed by atoms with E-state index in [1.165, 1.54) is 4.90 Å². The summed E-state index contributed by atoms with van der Waals surface area (Å²) >= 11 is 0. The van der Waals surface area contributed by atoms with Crippen LogP contribution in [0, 0.1) is 0 Å². The Labute approximate surface area is 152 Å². The molecule has 2 aromatic carbocycles. The number of carbonyl (C=O) groups is 2. The van der Waals surface area contributed by atoms with Crippen molar-refractivity contribution in [3.8, 4) is 11.5 Å². The topological polar surface area (TPSA) is 67.9 Å². The Morgan fingerprint density at radius 2 is 1.69 bits per heavy atom. The molecule has 0 aromatic heterocycles. The number of imide groups is 1. The molecule has 0 spiro atoms. The molecule has 1 N–H and O–H groups in total. The zero-order chi connectivity index (χ0) is 18.6. The molecular weight excluding hydrogens is 332 g/mol. The predicted octanol–water partition coefficient (Wildman–Crippen LogP) is 2.93. The van der Waals surface area contributed by atoms with Crippen LogP contribution in [-0.2, 0) is 10.3 Å². The van der Waals surface area contributed by atoms with Crippen LogP contribution in [0.3, 0.4) is 0 Å². The van der Waals surface area contributed by atoms with Gasteiger partial charge in [0.15, 0.2) is 0 Å². The molecule has 26 heavy (non-hydrogen) atoms. The number of urea groups is 1. The molecule has 1 heterocycles. The third kappa shape index (κ3) is 3.22. The van der Waals surface area contributed by atoms with Gasteiger partial charge in [-0.05, 0) is 36.2 Å². The molecule has 2 aromatic rings. The van der Waals surface area contributed by atoms with Crippen LogP contribution < -0.4 is 14.8 Å². The minimum absolute atomic E-state index is 0.192. The Hall–Kier alpha value is -3.02. The Morgan fingerprint density at radius 1 is 1.00 bits per heavy atom. The average Bonchev–Trinajstić information content (AvgIpc) is 2.94. The van der Waals surface area contributed by atoms with E-state index in [4.69, 9.17) is 9.47 Å². The third-order valence-corrected chi connectivity index (χ3v) is 4.62. The molecule has 1 fully saturated rings. The number of hydrogen-bond donors (Lipinski definition) is 1. The molecule has 136 valence electrons. The standard InChI is InChI=1S/C20H22N2O4/c1-3-20(15-9-11-16(25-2)12-10-15)18(23)22(19(24)21-20)13-14-26-17-7-5-4-6-8-17/h4-12H,3,13-14H2,1-2H3,(H,21,24)/t20-/m1/s1. The summed E-state index contributed by atoms with van der Waals surface area (Å²) in [7, 11) is 1.58. The quantitative estimate of drug-likeness (QED) is 0.777. The number of benzene rings is 2. The second kappa shape index (κ2) is 7.47. The van der Waals surface area contributed by atoms with Crippen LogP contribution in [0.15, 0.2) is 54.6 Å². The van der Waals surface area contributed by atoms with Crippen molar-refractivity contribution in [3.05, 3.63) is 60.2 Å². The number of nitrogens with zero attached hydrogens (tertiary/aromatic N) is 1. The maximum Gasteiger partial charge on any atom is 0.325 e. The van der Waals surface area contributed by atoms with E-state index < -0.39 is 11.6 Å². The fraction of sp³-hybridized carbons (Fsp3) is 0.300. The van der Waals surface area contributed by atoms with Crippen molar-refractivity contribution in [2.24, 2.45) is 0 Å². The highest BCUT2D eigenvalue weighted by Crippen LogP contribution is 2.33. The van der Waals surface area contributed by atoms with E-state index >= 15 is 0 Å². The minimum Gasteiger partial charge on any atom is -0.497 e. The fourth-order valence-electron chi connectivity index (χ4n) is 3.12. The SMILES string of the molecule is CC[C@]1(c2ccc(OC)cc2)NC(=O)N(CCOc2ccccc2)C1=O. The van der Waals surface area contributed by atoms with Gasteiger partial charge in [0, 0.05) is 0 Å². The lowest BCUT2D eigenvalue weighted by atomic mass is 9.87. The number of methoxy groups -OCH3 is 1. The van der Waals surface area contributed by atoms with Gasteiger partial charge in [0.05, 0.1) is 13.7 Å². The molecule has 0 radical (unpaired) electrons. The molecule has 3 amide bonds. The maximum absolute atomic E-state index is 13.0. The van der Waals surface area contributed by atoms with E-state index in [0.29, 0.717) is 17.9 Å². The highest BCUT2D eigenvalue weighted by molar-refractivity contribution is 6.07. The van der Waals surface area contributed by atoms with E-state index in [9.17, 15) is 9.59 Å². The van der Waals surface area contributed by atoms with Crippen LogP contribution in [0.1, 0.15) is 18.9 Å². The second-order valence-corrected chi connectivity index (χ2v) is 6.04. The number of ether oxygens (including phenoxy) is 2. The van der Waals surface area contributed by atoms with Gasteiger partial charge in [-0.2, -0.15) is 0 Å². The second-order valence-electron chi connectivity index (χ2n) is 6.04. The van der Waals surface area contributed by atoms with Gasteiger partial charge in [0.25, 0.3) is 5.91 Å². The van der Waals surface area contributed by atoms with Gasteiger partial charge >= 0.3 is 6.03 Å². The Morgan fingerprint density at radius 3 is 2.31 bits per heavy atom. The van der Waals surface area contributed by atoms with Gasteiger partial charge < -0.3 is 14.8 Å². The van der Waals surface area contributed by atoms with Gasteiger partial charge in [-0.1, -0.05) is 37.3 Å². The smallest absolute Gasteiger partial charge is 0.325 e. The van der Waals surface area contributed by atoms with Crippen molar-refractivity contribution < 1.29 is 19.1 Å². The predicted molar refractivity (Wildman–Crippen MR) is 97.1 cm³/mol. The maximum atomic E-state index is 13.0. The lowest BCUT2D eigenvalue weighted by Crippen LogP contribution is -2.43. The highest BCUT2D eigenvalue weighted by atomic mass is 16.5. The summed E-state index contributed by atoms with van der Waals surface area (Å²) in [5, 5.41) is 2.86. The number of carbonyl (C=O) groups excluding carboxylic acids is 2. The molecule has 1 atom stereocenters. The van der Waals surface area contributed by atoms with E-state index in [0.717, 1.165) is 5.56 Å².